The van der Waals surface area contributed by atoms with Crippen LogP contribution >= 0.6 is 0 Å². The van der Waals surface area contributed by atoms with Crippen LogP contribution in [0, 0.1) is 0 Å². The van der Waals surface area contributed by atoms with Gasteiger partial charge < -0.3 is 9.84 Å². The van der Waals surface area contributed by atoms with Crippen molar-refractivity contribution in [1.82, 2.24) is 25.2 Å². The zero-order chi connectivity index (χ0) is 18.5. The van der Waals surface area contributed by atoms with E-state index < -0.39 is 0 Å². The van der Waals surface area contributed by atoms with Gasteiger partial charge in [0.2, 0.25) is 11.8 Å². The average molecular weight is 365 g/mol. The maximum absolute atomic E-state index is 12.1. The lowest BCUT2D eigenvalue weighted by molar-refractivity contribution is -0.121. The minimum Gasteiger partial charge on any atom is -0.352 e. The molecule has 1 N–H and O–H groups in total. The fraction of sp³-hybridized carbons (Fsp3) is 0.400. The quantitative estimate of drug-likeness (QED) is 0.695. The summed E-state index contributed by atoms with van der Waals surface area (Å²) in [5.41, 5.74) is 2.03. The molecule has 2 heterocycles. The summed E-state index contributed by atoms with van der Waals surface area (Å²) in [6.07, 6.45) is 9.21. The third-order valence-corrected chi connectivity index (χ3v) is 4.97. The third-order valence-electron chi connectivity index (χ3n) is 4.97. The summed E-state index contributed by atoms with van der Waals surface area (Å²) in [7, 11) is 0. The van der Waals surface area contributed by atoms with Crippen LogP contribution in [-0.4, -0.2) is 25.8 Å². The second kappa shape index (κ2) is 8.16. The highest BCUT2D eigenvalue weighted by molar-refractivity contribution is 5.76. The molecule has 0 radical (unpaired) electrons. The van der Waals surface area contributed by atoms with Crippen LogP contribution in [0.15, 0.2) is 47.2 Å². The lowest BCUT2D eigenvalue weighted by Gasteiger charge is -2.06. The number of benzene rings is 1. The van der Waals surface area contributed by atoms with Gasteiger partial charge in [-0.3, -0.25) is 4.79 Å². The highest BCUT2D eigenvalue weighted by atomic mass is 16.5. The van der Waals surface area contributed by atoms with Crippen molar-refractivity contribution in [2.75, 3.05) is 0 Å². The van der Waals surface area contributed by atoms with Crippen LogP contribution in [0.2, 0.25) is 0 Å². The smallest absolute Gasteiger partial charge is 0.227 e. The fourth-order valence-electron chi connectivity index (χ4n) is 3.42. The Morgan fingerprint density at radius 3 is 2.78 bits per heavy atom. The molecule has 1 aliphatic rings. The molecule has 0 atom stereocenters. The number of hydrogen-bond donors (Lipinski definition) is 1. The molecule has 1 aliphatic carbocycles. The van der Waals surface area contributed by atoms with Crippen LogP contribution in [0.5, 0.6) is 0 Å². The maximum Gasteiger partial charge on any atom is 0.227 e. The second-order valence-electron chi connectivity index (χ2n) is 6.92. The first-order valence-corrected chi connectivity index (χ1v) is 9.46. The van der Waals surface area contributed by atoms with E-state index in [0.29, 0.717) is 31.2 Å². The number of amides is 1. The molecule has 1 amide bonds. The Bertz CT molecular complexity index is 864. The molecule has 0 unspecified atom stereocenters. The summed E-state index contributed by atoms with van der Waals surface area (Å²) in [5.74, 6) is 1.77. The van der Waals surface area contributed by atoms with Gasteiger partial charge in [0, 0.05) is 37.7 Å². The van der Waals surface area contributed by atoms with Crippen LogP contribution in [0.25, 0.3) is 5.69 Å². The van der Waals surface area contributed by atoms with Crippen LogP contribution < -0.4 is 5.32 Å². The van der Waals surface area contributed by atoms with Crippen LogP contribution in [0.1, 0.15) is 55.3 Å². The summed E-state index contributed by atoms with van der Waals surface area (Å²) >= 11 is 0. The lowest BCUT2D eigenvalue weighted by Crippen LogP contribution is -2.23. The zero-order valence-corrected chi connectivity index (χ0v) is 15.2. The number of hydrogen-bond acceptors (Lipinski definition) is 5. The Morgan fingerprint density at radius 1 is 1.22 bits per heavy atom. The van der Waals surface area contributed by atoms with Crippen molar-refractivity contribution in [1.29, 1.82) is 0 Å². The Kier molecular flexibility index (Phi) is 5.27. The topological polar surface area (TPSA) is 85.8 Å². The number of carbonyl (C=O) groups excluding carboxylic acids is 1. The number of nitrogens with one attached hydrogen (secondary N) is 1. The fourth-order valence-corrected chi connectivity index (χ4v) is 3.42. The molecule has 0 spiro atoms. The van der Waals surface area contributed by atoms with Gasteiger partial charge in [0.25, 0.3) is 0 Å². The molecule has 2 aromatic heterocycles. The van der Waals surface area contributed by atoms with Crippen molar-refractivity contribution in [3.05, 3.63) is 60.0 Å². The Morgan fingerprint density at radius 2 is 2.04 bits per heavy atom. The van der Waals surface area contributed by atoms with Crippen LogP contribution in [-0.2, 0) is 17.8 Å². The van der Waals surface area contributed by atoms with Gasteiger partial charge in [-0.2, -0.15) is 10.1 Å². The molecule has 1 saturated carbocycles. The summed E-state index contributed by atoms with van der Waals surface area (Å²) in [6, 6.07) is 9.83. The minimum absolute atomic E-state index is 0.0215. The Hall–Kier alpha value is -2.96. The normalized spacial score (nSPS) is 14.5. The van der Waals surface area contributed by atoms with Gasteiger partial charge in [-0.1, -0.05) is 30.1 Å². The average Bonchev–Trinajstić information content (AvgIpc) is 3.47. The molecule has 7 nitrogen and oxygen atoms in total. The predicted octanol–water partition coefficient (Wildman–Crippen LogP) is 3.16. The van der Waals surface area contributed by atoms with Gasteiger partial charge in [-0.25, -0.2) is 4.68 Å². The number of nitrogens with zero attached hydrogens (tertiary/aromatic N) is 4. The Labute approximate surface area is 157 Å². The standard InChI is InChI=1S/C20H23N5O2/c26-18(10-11-19-23-20(24-27-19)16-4-1-2-5-16)21-14-15-6-8-17(9-7-15)25-13-3-12-22-25/h3,6-9,12-13,16H,1-2,4-5,10-11,14H2,(H,21,26). The second-order valence-corrected chi connectivity index (χ2v) is 6.92. The number of rotatable bonds is 7. The molecular weight excluding hydrogens is 342 g/mol. The molecule has 0 bridgehead atoms. The molecule has 140 valence electrons. The summed E-state index contributed by atoms with van der Waals surface area (Å²) in [4.78, 5) is 16.5. The van der Waals surface area contributed by atoms with Crippen LogP contribution in [0.4, 0.5) is 0 Å². The van der Waals surface area contributed by atoms with Crippen molar-refractivity contribution in [3.63, 3.8) is 0 Å². The molecular formula is C20H23N5O2. The number of aryl methyl sites for hydroxylation is 1. The van der Waals surface area contributed by atoms with Crippen LogP contribution in [0.3, 0.4) is 0 Å². The molecule has 1 aromatic carbocycles. The first-order valence-electron chi connectivity index (χ1n) is 9.46. The monoisotopic (exact) mass is 365 g/mol. The molecule has 27 heavy (non-hydrogen) atoms. The highest BCUT2D eigenvalue weighted by Gasteiger charge is 2.22. The molecule has 0 saturated heterocycles. The van der Waals surface area contributed by atoms with Gasteiger partial charge >= 0.3 is 0 Å². The first-order chi connectivity index (χ1) is 13.3. The van der Waals surface area contributed by atoms with Crippen molar-refractivity contribution in [2.24, 2.45) is 0 Å². The summed E-state index contributed by atoms with van der Waals surface area (Å²) in [5, 5.41) is 11.2. The van der Waals surface area contributed by atoms with E-state index in [4.69, 9.17) is 4.52 Å². The van der Waals surface area contributed by atoms with E-state index in [1.807, 2.05) is 36.5 Å². The maximum atomic E-state index is 12.1. The SMILES string of the molecule is O=C(CCc1nc(C2CCCC2)no1)NCc1ccc(-n2cccn2)cc1. The first kappa shape index (κ1) is 17.5. The van der Waals surface area contributed by atoms with E-state index in [9.17, 15) is 4.79 Å². The number of aromatic nitrogens is 4. The highest BCUT2D eigenvalue weighted by Crippen LogP contribution is 2.32. The van der Waals surface area contributed by atoms with Gasteiger partial charge in [0.15, 0.2) is 5.82 Å². The lowest BCUT2D eigenvalue weighted by atomic mass is 10.1. The van der Waals surface area contributed by atoms with Gasteiger partial charge in [0.05, 0.1) is 5.69 Å². The summed E-state index contributed by atoms with van der Waals surface area (Å²) < 4.78 is 7.09. The predicted molar refractivity (Wildman–Crippen MR) is 99.2 cm³/mol. The van der Waals surface area contributed by atoms with E-state index in [1.165, 1.54) is 12.8 Å². The van der Waals surface area contributed by atoms with E-state index in [0.717, 1.165) is 29.9 Å². The van der Waals surface area contributed by atoms with E-state index in [1.54, 1.807) is 10.9 Å². The van der Waals surface area contributed by atoms with Crippen molar-refractivity contribution in [2.45, 2.75) is 51.0 Å². The Balaban J connectivity index is 1.23. The van der Waals surface area contributed by atoms with Crippen molar-refractivity contribution in [3.8, 4) is 5.69 Å². The van der Waals surface area contributed by atoms with Gasteiger partial charge in [0.1, 0.15) is 0 Å². The van der Waals surface area contributed by atoms with Gasteiger partial charge in [-0.15, -0.1) is 0 Å². The van der Waals surface area contributed by atoms with Gasteiger partial charge in [-0.05, 0) is 36.6 Å². The minimum atomic E-state index is -0.0215. The third kappa shape index (κ3) is 4.42. The van der Waals surface area contributed by atoms with E-state index in [2.05, 4.69) is 20.6 Å². The number of carbonyl (C=O) groups is 1. The molecule has 7 heteroatoms. The largest absolute Gasteiger partial charge is 0.352 e. The molecule has 4 rings (SSSR count). The van der Waals surface area contributed by atoms with Crippen molar-refractivity contribution >= 4 is 5.91 Å². The van der Waals surface area contributed by atoms with Crippen molar-refractivity contribution < 1.29 is 9.32 Å². The molecule has 1 fully saturated rings. The van der Waals surface area contributed by atoms with E-state index in [-0.39, 0.29) is 5.91 Å². The molecule has 3 aromatic rings. The summed E-state index contributed by atoms with van der Waals surface area (Å²) in [6.45, 7) is 0.495. The van der Waals surface area contributed by atoms with E-state index >= 15 is 0 Å². The molecule has 0 aliphatic heterocycles. The zero-order valence-electron chi connectivity index (χ0n) is 15.2.